The summed E-state index contributed by atoms with van der Waals surface area (Å²) in [5.41, 5.74) is 3.05. The zero-order chi connectivity index (χ0) is 18.2. The maximum absolute atomic E-state index is 10.6. The van der Waals surface area contributed by atoms with E-state index in [9.17, 15) is 15.4 Å². The summed E-state index contributed by atoms with van der Waals surface area (Å²) in [7, 11) is 0. The number of fused-ring (bicyclic) bond motifs is 5. The number of aromatic hydroxyl groups is 2. The molecule has 3 aliphatic rings. The van der Waals surface area contributed by atoms with Gasteiger partial charge in [0.1, 0.15) is 11.5 Å². The molecule has 0 unspecified atom stereocenters. The van der Waals surface area contributed by atoms with Crippen molar-refractivity contribution in [3.63, 3.8) is 0 Å². The van der Waals surface area contributed by atoms with Gasteiger partial charge in [-0.25, -0.2) is 0 Å². The molecule has 4 nitrogen and oxygen atoms in total. The Bertz CT molecular complexity index is 769. The highest BCUT2D eigenvalue weighted by Crippen LogP contribution is 2.68. The van der Waals surface area contributed by atoms with E-state index in [0.29, 0.717) is 11.8 Å². The van der Waals surface area contributed by atoms with Crippen LogP contribution in [0.3, 0.4) is 0 Å². The van der Waals surface area contributed by atoms with Gasteiger partial charge in [0.15, 0.2) is 0 Å². The summed E-state index contributed by atoms with van der Waals surface area (Å²) < 4.78 is 0. The topological polar surface area (TPSA) is 73.1 Å². The van der Waals surface area contributed by atoms with E-state index in [2.05, 4.69) is 32.9 Å². The molecule has 2 fully saturated rings. The molecule has 3 aliphatic carbocycles. The molecule has 0 amide bonds. The number of hydrogen-bond donors (Lipinski definition) is 3. The lowest BCUT2D eigenvalue weighted by Crippen LogP contribution is -2.57. The van der Waals surface area contributed by atoms with Crippen LogP contribution in [0.2, 0.25) is 0 Å². The van der Waals surface area contributed by atoms with E-state index in [0.717, 1.165) is 48.9 Å². The fourth-order valence-electron chi connectivity index (χ4n) is 7.01. The van der Waals surface area contributed by atoms with Crippen LogP contribution in [0.25, 0.3) is 0 Å². The second-order valence-electron chi connectivity index (χ2n) is 9.54. The fourth-order valence-corrected chi connectivity index (χ4v) is 7.01. The molecular formula is C21H29NO3. The summed E-state index contributed by atoms with van der Waals surface area (Å²) in [5, 5.41) is 33.6. The number of oxime groups is 1. The molecule has 0 spiro atoms. The number of rotatable bonds is 0. The molecule has 4 rings (SSSR count). The number of phenols is 2. The molecule has 0 radical (unpaired) electrons. The lowest BCUT2D eigenvalue weighted by Gasteiger charge is -2.61. The highest BCUT2D eigenvalue weighted by Gasteiger charge is 2.62. The maximum Gasteiger partial charge on any atom is 0.123 e. The Balaban J connectivity index is 1.83. The van der Waals surface area contributed by atoms with Crippen molar-refractivity contribution in [1.82, 2.24) is 0 Å². The van der Waals surface area contributed by atoms with E-state index in [1.165, 1.54) is 6.07 Å². The van der Waals surface area contributed by atoms with Gasteiger partial charge >= 0.3 is 0 Å². The van der Waals surface area contributed by atoms with E-state index >= 15 is 0 Å². The Morgan fingerprint density at radius 3 is 2.44 bits per heavy atom. The first-order chi connectivity index (χ1) is 11.6. The highest BCUT2D eigenvalue weighted by molar-refractivity contribution is 5.90. The van der Waals surface area contributed by atoms with Gasteiger partial charge in [-0.15, -0.1) is 0 Å². The summed E-state index contributed by atoms with van der Waals surface area (Å²) >= 11 is 0. The van der Waals surface area contributed by atoms with Gasteiger partial charge in [0.25, 0.3) is 0 Å². The normalized spacial score (nSPS) is 40.4. The zero-order valence-electron chi connectivity index (χ0n) is 15.6. The minimum absolute atomic E-state index is 0.0533. The van der Waals surface area contributed by atoms with Gasteiger partial charge in [0.05, 0.1) is 5.71 Å². The molecule has 4 atom stereocenters. The molecule has 136 valence electrons. The van der Waals surface area contributed by atoms with Gasteiger partial charge in [0, 0.05) is 22.5 Å². The second kappa shape index (κ2) is 4.93. The largest absolute Gasteiger partial charge is 0.508 e. The van der Waals surface area contributed by atoms with Crippen LogP contribution in [-0.2, 0) is 11.8 Å². The van der Waals surface area contributed by atoms with Crippen molar-refractivity contribution in [3.8, 4) is 11.5 Å². The molecule has 25 heavy (non-hydrogen) atoms. The molecular weight excluding hydrogens is 314 g/mol. The third kappa shape index (κ3) is 1.97. The van der Waals surface area contributed by atoms with Crippen molar-refractivity contribution in [3.05, 3.63) is 23.3 Å². The van der Waals surface area contributed by atoms with Gasteiger partial charge in [-0.05, 0) is 61.0 Å². The smallest absolute Gasteiger partial charge is 0.123 e. The number of benzene rings is 1. The van der Waals surface area contributed by atoms with Gasteiger partial charge < -0.3 is 15.4 Å². The summed E-state index contributed by atoms with van der Waals surface area (Å²) in [6.07, 6.45) is 4.83. The Morgan fingerprint density at radius 2 is 1.76 bits per heavy atom. The predicted molar refractivity (Wildman–Crippen MR) is 97.4 cm³/mol. The summed E-state index contributed by atoms with van der Waals surface area (Å²) in [5.74, 6) is 1.29. The molecule has 0 aromatic heterocycles. The van der Waals surface area contributed by atoms with E-state index in [4.69, 9.17) is 0 Å². The molecule has 0 heterocycles. The first kappa shape index (κ1) is 16.7. The fraction of sp³-hybridized carbons (Fsp3) is 0.667. The minimum Gasteiger partial charge on any atom is -0.508 e. The lowest BCUT2D eigenvalue weighted by molar-refractivity contribution is -0.0612. The number of nitrogens with zero attached hydrogens (tertiary/aromatic N) is 1. The molecule has 0 aliphatic heterocycles. The molecule has 0 saturated heterocycles. The SMILES string of the molecule is CC1(C)C(=NO)CC[C@]2(C)[C@H]3Cc4cc(O)cc(O)c4[C@]3(C)CC[C@@H]12. The van der Waals surface area contributed by atoms with Crippen molar-refractivity contribution >= 4 is 5.71 Å². The van der Waals surface area contributed by atoms with E-state index < -0.39 is 0 Å². The van der Waals surface area contributed by atoms with Gasteiger partial charge in [-0.1, -0.05) is 32.9 Å². The van der Waals surface area contributed by atoms with Crippen LogP contribution in [0.4, 0.5) is 0 Å². The Hall–Kier alpha value is -1.71. The van der Waals surface area contributed by atoms with E-state index in [1.54, 1.807) is 0 Å². The van der Waals surface area contributed by atoms with Crippen LogP contribution in [0, 0.1) is 22.7 Å². The molecule has 2 saturated carbocycles. The average molecular weight is 343 g/mol. The van der Waals surface area contributed by atoms with Crippen LogP contribution < -0.4 is 0 Å². The Morgan fingerprint density at radius 1 is 1.04 bits per heavy atom. The number of phenolic OH excluding ortho intramolecular Hbond substituents is 2. The predicted octanol–water partition coefficient (Wildman–Crippen LogP) is 4.59. The van der Waals surface area contributed by atoms with Crippen molar-refractivity contribution in [2.24, 2.45) is 27.8 Å². The minimum atomic E-state index is -0.109. The van der Waals surface area contributed by atoms with Crippen LogP contribution >= 0.6 is 0 Å². The van der Waals surface area contributed by atoms with Gasteiger partial charge in [-0.2, -0.15) is 0 Å². The first-order valence-corrected chi connectivity index (χ1v) is 9.41. The third-order valence-electron chi connectivity index (χ3n) is 8.13. The van der Waals surface area contributed by atoms with E-state index in [1.807, 2.05) is 6.07 Å². The molecule has 0 bridgehead atoms. The summed E-state index contributed by atoms with van der Waals surface area (Å²) in [6.45, 7) is 9.14. The van der Waals surface area contributed by atoms with E-state index in [-0.39, 0.29) is 27.7 Å². The van der Waals surface area contributed by atoms with Crippen molar-refractivity contribution < 1.29 is 15.4 Å². The van der Waals surface area contributed by atoms with Crippen LogP contribution in [0.15, 0.2) is 17.3 Å². The zero-order valence-corrected chi connectivity index (χ0v) is 15.6. The van der Waals surface area contributed by atoms with Crippen molar-refractivity contribution in [2.45, 2.75) is 65.2 Å². The first-order valence-electron chi connectivity index (χ1n) is 9.41. The van der Waals surface area contributed by atoms with Crippen molar-refractivity contribution in [2.75, 3.05) is 0 Å². The molecule has 1 aromatic rings. The van der Waals surface area contributed by atoms with Crippen molar-refractivity contribution in [1.29, 1.82) is 0 Å². The second-order valence-corrected chi connectivity index (χ2v) is 9.54. The monoisotopic (exact) mass is 343 g/mol. The summed E-state index contributed by atoms with van der Waals surface area (Å²) in [6, 6.07) is 3.33. The highest BCUT2D eigenvalue weighted by atomic mass is 16.4. The van der Waals surface area contributed by atoms with Crippen LogP contribution in [0.1, 0.15) is 64.5 Å². The summed E-state index contributed by atoms with van der Waals surface area (Å²) in [4.78, 5) is 0. The number of hydrogen-bond acceptors (Lipinski definition) is 4. The Kier molecular flexibility index (Phi) is 3.30. The van der Waals surface area contributed by atoms with Crippen LogP contribution in [0.5, 0.6) is 11.5 Å². The third-order valence-corrected chi connectivity index (χ3v) is 8.13. The molecule has 4 heteroatoms. The molecule has 1 aromatic carbocycles. The van der Waals surface area contributed by atoms with Gasteiger partial charge in [-0.3, -0.25) is 0 Å². The quantitative estimate of drug-likeness (QED) is 0.476. The Labute approximate surface area is 149 Å². The standard InChI is InChI=1S/C21H29NO3/c1-19(2)15-5-7-21(4)16(20(15,3)8-6-17(19)22-25)10-12-9-13(23)11-14(24)18(12)21/h9,11,15-16,23-25H,5-8,10H2,1-4H3/t15-,16+,20-,21+/m0/s1. The van der Waals surface area contributed by atoms with Crippen LogP contribution in [-0.4, -0.2) is 21.1 Å². The lowest BCUT2D eigenvalue weighted by atomic mass is 9.43. The average Bonchev–Trinajstić information content (AvgIpc) is 2.80. The molecule has 3 N–H and O–H groups in total. The van der Waals surface area contributed by atoms with Gasteiger partial charge in [0.2, 0.25) is 0 Å². The maximum atomic E-state index is 10.6.